The van der Waals surface area contributed by atoms with E-state index in [0.717, 1.165) is 5.56 Å². The predicted octanol–water partition coefficient (Wildman–Crippen LogP) is 3.48. The molecule has 2 aromatic carbocycles. The highest BCUT2D eigenvalue weighted by Crippen LogP contribution is 2.22. The van der Waals surface area contributed by atoms with Gasteiger partial charge in [-0.15, -0.1) is 0 Å². The lowest BCUT2D eigenvalue weighted by atomic mass is 10.1. The molecule has 0 saturated heterocycles. The van der Waals surface area contributed by atoms with Gasteiger partial charge in [-0.1, -0.05) is 48.0 Å². The van der Waals surface area contributed by atoms with Crippen LogP contribution >= 0.6 is 11.6 Å². The maximum absolute atomic E-state index is 14.0. The van der Waals surface area contributed by atoms with Crippen LogP contribution in [-0.2, 0) is 16.1 Å². The Bertz CT molecular complexity index is 619. The smallest absolute Gasteiger partial charge is 0.327 e. The summed E-state index contributed by atoms with van der Waals surface area (Å²) in [6.07, 6.45) is 0. The van der Waals surface area contributed by atoms with E-state index < -0.39 is 17.8 Å². The first kappa shape index (κ1) is 15.5. The summed E-state index contributed by atoms with van der Waals surface area (Å²) in [7, 11) is 1.27. The minimum absolute atomic E-state index is 0.210. The van der Waals surface area contributed by atoms with E-state index in [4.69, 9.17) is 16.3 Å². The number of hydrogen-bond donors (Lipinski definition) is 1. The van der Waals surface area contributed by atoms with Gasteiger partial charge in [0.15, 0.2) is 0 Å². The lowest BCUT2D eigenvalue weighted by molar-refractivity contribution is -0.143. The molecule has 5 heteroatoms. The van der Waals surface area contributed by atoms with Gasteiger partial charge in [-0.3, -0.25) is 5.32 Å². The summed E-state index contributed by atoms with van der Waals surface area (Å²) in [5.41, 5.74) is 1.20. The molecule has 1 unspecified atom stereocenters. The average Bonchev–Trinajstić information content (AvgIpc) is 2.50. The molecule has 0 saturated carbocycles. The molecule has 21 heavy (non-hydrogen) atoms. The molecule has 0 spiro atoms. The fourth-order valence-electron chi connectivity index (χ4n) is 1.99. The second kappa shape index (κ2) is 7.20. The molecule has 0 aliphatic heterocycles. The Kier molecular flexibility index (Phi) is 5.31. The second-order valence-corrected chi connectivity index (χ2v) is 4.92. The van der Waals surface area contributed by atoms with Gasteiger partial charge in [-0.05, 0) is 17.7 Å². The number of halogens is 2. The molecule has 0 radical (unpaired) electrons. The van der Waals surface area contributed by atoms with Crippen molar-refractivity contribution in [1.82, 2.24) is 5.32 Å². The number of rotatable bonds is 5. The molecular weight excluding hydrogens is 293 g/mol. The van der Waals surface area contributed by atoms with Crippen molar-refractivity contribution in [3.05, 3.63) is 70.5 Å². The van der Waals surface area contributed by atoms with Crippen LogP contribution in [0, 0.1) is 5.82 Å². The summed E-state index contributed by atoms with van der Waals surface area (Å²) in [5, 5.41) is 3.29. The third-order valence-corrected chi connectivity index (χ3v) is 3.30. The first-order chi connectivity index (χ1) is 10.1. The molecule has 0 aromatic heterocycles. The van der Waals surface area contributed by atoms with Crippen LogP contribution in [0.2, 0.25) is 5.02 Å². The van der Waals surface area contributed by atoms with E-state index in [-0.39, 0.29) is 10.6 Å². The molecule has 0 bridgehead atoms. The van der Waals surface area contributed by atoms with Crippen molar-refractivity contribution in [3.63, 3.8) is 0 Å². The molecule has 2 rings (SSSR count). The van der Waals surface area contributed by atoms with Crippen LogP contribution < -0.4 is 5.32 Å². The van der Waals surface area contributed by atoms with Crippen LogP contribution in [0.3, 0.4) is 0 Å². The number of nitrogens with one attached hydrogen (secondary N) is 1. The van der Waals surface area contributed by atoms with Gasteiger partial charge >= 0.3 is 5.97 Å². The minimum atomic E-state index is -0.882. The van der Waals surface area contributed by atoms with E-state index in [1.165, 1.54) is 19.2 Å². The molecule has 0 heterocycles. The zero-order valence-electron chi connectivity index (χ0n) is 11.5. The standard InChI is InChI=1S/C16H15ClFNO2/c1-21-16(20)15(13-8-7-12(17)9-14(13)18)19-10-11-5-3-2-4-6-11/h2-9,15,19H,10H2,1H3. The van der Waals surface area contributed by atoms with Crippen molar-refractivity contribution in [2.75, 3.05) is 7.11 Å². The van der Waals surface area contributed by atoms with Crippen molar-refractivity contribution in [2.24, 2.45) is 0 Å². The minimum Gasteiger partial charge on any atom is -0.468 e. The van der Waals surface area contributed by atoms with Gasteiger partial charge in [-0.25, -0.2) is 9.18 Å². The third-order valence-electron chi connectivity index (χ3n) is 3.06. The number of benzene rings is 2. The van der Waals surface area contributed by atoms with Crippen molar-refractivity contribution in [1.29, 1.82) is 0 Å². The summed E-state index contributed by atoms with van der Waals surface area (Å²) in [6.45, 7) is 0.419. The first-order valence-corrected chi connectivity index (χ1v) is 6.79. The maximum atomic E-state index is 14.0. The Balaban J connectivity index is 2.20. The molecule has 1 N–H and O–H groups in total. The highest BCUT2D eigenvalue weighted by molar-refractivity contribution is 6.30. The summed E-state index contributed by atoms with van der Waals surface area (Å²) in [6, 6.07) is 12.8. The molecule has 0 fully saturated rings. The van der Waals surface area contributed by atoms with Crippen LogP contribution in [0.15, 0.2) is 48.5 Å². The third kappa shape index (κ3) is 4.03. The lowest BCUT2D eigenvalue weighted by Gasteiger charge is -2.17. The molecular formula is C16H15ClFNO2. The highest BCUT2D eigenvalue weighted by atomic mass is 35.5. The van der Waals surface area contributed by atoms with Gasteiger partial charge in [0.05, 0.1) is 7.11 Å². The lowest BCUT2D eigenvalue weighted by Crippen LogP contribution is -2.30. The van der Waals surface area contributed by atoms with Crippen molar-refractivity contribution < 1.29 is 13.9 Å². The van der Waals surface area contributed by atoms with Crippen LogP contribution in [-0.4, -0.2) is 13.1 Å². The van der Waals surface area contributed by atoms with Crippen molar-refractivity contribution in [3.8, 4) is 0 Å². The number of carbonyl (C=O) groups excluding carboxylic acids is 1. The Morgan fingerprint density at radius 1 is 1.29 bits per heavy atom. The molecule has 1 atom stereocenters. The van der Waals surface area contributed by atoms with Gasteiger partial charge in [-0.2, -0.15) is 0 Å². The van der Waals surface area contributed by atoms with Crippen molar-refractivity contribution >= 4 is 17.6 Å². The molecule has 2 aromatic rings. The average molecular weight is 308 g/mol. The number of carbonyl (C=O) groups is 1. The molecule has 0 aliphatic rings. The SMILES string of the molecule is COC(=O)C(NCc1ccccc1)c1ccc(Cl)cc1F. The Hall–Kier alpha value is -1.91. The van der Waals surface area contributed by atoms with E-state index in [1.54, 1.807) is 6.07 Å². The van der Waals surface area contributed by atoms with E-state index in [0.29, 0.717) is 6.54 Å². The second-order valence-electron chi connectivity index (χ2n) is 4.49. The summed E-state index contributed by atoms with van der Waals surface area (Å²) in [5.74, 6) is -1.09. The number of ether oxygens (including phenoxy) is 1. The van der Waals surface area contributed by atoms with E-state index in [9.17, 15) is 9.18 Å². The number of methoxy groups -OCH3 is 1. The monoisotopic (exact) mass is 307 g/mol. The summed E-state index contributed by atoms with van der Waals surface area (Å²) in [4.78, 5) is 11.9. The Morgan fingerprint density at radius 3 is 2.62 bits per heavy atom. The van der Waals surface area contributed by atoms with Crippen molar-refractivity contribution in [2.45, 2.75) is 12.6 Å². The summed E-state index contributed by atoms with van der Waals surface area (Å²) < 4.78 is 18.7. The summed E-state index contributed by atoms with van der Waals surface area (Å²) >= 11 is 5.73. The molecule has 110 valence electrons. The zero-order valence-corrected chi connectivity index (χ0v) is 12.2. The molecule has 0 amide bonds. The zero-order chi connectivity index (χ0) is 15.2. The van der Waals surface area contributed by atoms with E-state index >= 15 is 0 Å². The Morgan fingerprint density at radius 2 is 2.00 bits per heavy atom. The fourth-order valence-corrected chi connectivity index (χ4v) is 2.15. The fraction of sp³-hybridized carbons (Fsp3) is 0.188. The number of esters is 1. The van der Waals surface area contributed by atoms with Crippen LogP contribution in [0.25, 0.3) is 0 Å². The van der Waals surface area contributed by atoms with Gasteiger partial charge in [0.2, 0.25) is 0 Å². The quantitative estimate of drug-likeness (QED) is 0.859. The Labute approximate surface area is 127 Å². The maximum Gasteiger partial charge on any atom is 0.327 e. The molecule has 3 nitrogen and oxygen atoms in total. The van der Waals surface area contributed by atoms with Crippen LogP contribution in [0.5, 0.6) is 0 Å². The predicted molar refractivity (Wildman–Crippen MR) is 79.4 cm³/mol. The molecule has 0 aliphatic carbocycles. The van der Waals surface area contributed by atoms with Crippen LogP contribution in [0.4, 0.5) is 4.39 Å². The topological polar surface area (TPSA) is 38.3 Å². The van der Waals surface area contributed by atoms with Gasteiger partial charge in [0, 0.05) is 17.1 Å². The van der Waals surface area contributed by atoms with E-state index in [1.807, 2.05) is 30.3 Å². The van der Waals surface area contributed by atoms with Gasteiger partial charge in [0.25, 0.3) is 0 Å². The number of hydrogen-bond acceptors (Lipinski definition) is 3. The van der Waals surface area contributed by atoms with E-state index in [2.05, 4.69) is 5.32 Å². The normalized spacial score (nSPS) is 12.0. The first-order valence-electron chi connectivity index (χ1n) is 6.42. The highest BCUT2D eigenvalue weighted by Gasteiger charge is 2.24. The van der Waals surface area contributed by atoms with Gasteiger partial charge < -0.3 is 4.74 Å². The van der Waals surface area contributed by atoms with Gasteiger partial charge in [0.1, 0.15) is 11.9 Å². The van der Waals surface area contributed by atoms with Crippen LogP contribution in [0.1, 0.15) is 17.2 Å². The largest absolute Gasteiger partial charge is 0.468 e.